The fourth-order valence-electron chi connectivity index (χ4n) is 3.87. The highest BCUT2D eigenvalue weighted by Crippen LogP contribution is 2.38. The Labute approximate surface area is 194 Å². The van der Waals surface area contributed by atoms with Gasteiger partial charge in [-0.2, -0.15) is 0 Å². The number of aliphatic imine (C=N–C) groups is 1. The first-order valence-electron chi connectivity index (χ1n) is 10.2. The number of ether oxygens (including phenoxy) is 1. The molecule has 4 aromatic rings. The number of H-pyrrole nitrogens is 1. The minimum atomic E-state index is -0.485. The van der Waals surface area contributed by atoms with E-state index in [1.165, 1.54) is 4.57 Å². The lowest BCUT2D eigenvalue weighted by molar-refractivity contribution is 0.413. The standard InChI is InChI=1S/C26H19N3O3S/c1-32-18-11-7-10-17(14-18)29-25(31)21(24(30)28-26(29)33)15-20-19-12-5-6-13-22(19)27-23(20)16-8-3-2-4-9-16/h2-15,31H,1H3,(H,28,30,33)/b20-15-. The van der Waals surface area contributed by atoms with Crippen molar-refractivity contribution < 1.29 is 9.84 Å². The van der Waals surface area contributed by atoms with Crippen LogP contribution in [-0.2, 0) is 0 Å². The minimum absolute atomic E-state index is 0.0803. The number of aromatic nitrogens is 2. The predicted octanol–water partition coefficient (Wildman–Crippen LogP) is 5.28. The summed E-state index contributed by atoms with van der Waals surface area (Å²) in [6, 6.07) is 24.5. The van der Waals surface area contributed by atoms with Crippen molar-refractivity contribution in [2.75, 3.05) is 7.11 Å². The smallest absolute Gasteiger partial charge is 0.262 e. The molecular formula is C26H19N3O3S. The SMILES string of the molecule is COc1cccc(-n2c(O)c(/C=C3\C(c4ccccc4)=Nc4ccccc43)c(=O)[nH]c2=S)c1. The molecule has 1 aliphatic rings. The average Bonchev–Trinajstić information content (AvgIpc) is 3.21. The van der Waals surface area contributed by atoms with E-state index in [4.69, 9.17) is 21.9 Å². The second kappa shape index (κ2) is 8.37. The maximum Gasteiger partial charge on any atom is 0.262 e. The molecule has 33 heavy (non-hydrogen) atoms. The summed E-state index contributed by atoms with van der Waals surface area (Å²) < 4.78 is 6.78. The Morgan fingerprint density at radius 3 is 2.58 bits per heavy atom. The van der Waals surface area contributed by atoms with Gasteiger partial charge in [-0.1, -0.05) is 54.6 Å². The molecule has 2 N–H and O–H groups in total. The fraction of sp³-hybridized carbons (Fsp3) is 0.0385. The van der Waals surface area contributed by atoms with Crippen molar-refractivity contribution in [2.45, 2.75) is 0 Å². The van der Waals surface area contributed by atoms with E-state index >= 15 is 0 Å². The van der Waals surface area contributed by atoms with E-state index in [1.54, 1.807) is 37.5 Å². The third-order valence-electron chi connectivity index (χ3n) is 5.45. The molecule has 2 heterocycles. The number of hydrogen-bond acceptors (Lipinski definition) is 5. The number of fused-ring (bicyclic) bond motifs is 1. The lowest BCUT2D eigenvalue weighted by Crippen LogP contribution is -2.16. The maximum absolute atomic E-state index is 12.9. The van der Waals surface area contributed by atoms with Gasteiger partial charge in [-0.15, -0.1) is 0 Å². The van der Waals surface area contributed by atoms with E-state index in [9.17, 15) is 9.90 Å². The van der Waals surface area contributed by atoms with Crippen LogP contribution < -0.4 is 10.3 Å². The van der Waals surface area contributed by atoms with Crippen LogP contribution in [0.1, 0.15) is 16.7 Å². The van der Waals surface area contributed by atoms with Crippen LogP contribution in [0.3, 0.4) is 0 Å². The summed E-state index contributed by atoms with van der Waals surface area (Å²) in [6.07, 6.45) is 1.66. The summed E-state index contributed by atoms with van der Waals surface area (Å²) >= 11 is 5.36. The topological polar surface area (TPSA) is 79.6 Å². The Morgan fingerprint density at radius 1 is 1.03 bits per heavy atom. The highest BCUT2D eigenvalue weighted by Gasteiger charge is 2.23. The van der Waals surface area contributed by atoms with Gasteiger partial charge in [-0.25, -0.2) is 4.99 Å². The molecule has 3 aromatic carbocycles. The lowest BCUT2D eigenvalue weighted by Gasteiger charge is -2.13. The van der Waals surface area contributed by atoms with Gasteiger partial charge < -0.3 is 9.84 Å². The third kappa shape index (κ3) is 3.68. The molecule has 0 amide bonds. The van der Waals surface area contributed by atoms with Gasteiger partial charge in [0.25, 0.3) is 5.56 Å². The fourth-order valence-corrected chi connectivity index (χ4v) is 4.16. The zero-order valence-electron chi connectivity index (χ0n) is 17.6. The largest absolute Gasteiger partial charge is 0.497 e. The van der Waals surface area contributed by atoms with Gasteiger partial charge in [0.15, 0.2) is 4.77 Å². The second-order valence-corrected chi connectivity index (χ2v) is 7.82. The normalized spacial score (nSPS) is 13.6. The number of methoxy groups -OCH3 is 1. The molecular weight excluding hydrogens is 434 g/mol. The second-order valence-electron chi connectivity index (χ2n) is 7.44. The number of rotatable bonds is 4. The van der Waals surface area contributed by atoms with Gasteiger partial charge in [-0.05, 0) is 36.5 Å². The van der Waals surface area contributed by atoms with Crippen molar-refractivity contribution in [1.82, 2.24) is 9.55 Å². The minimum Gasteiger partial charge on any atom is -0.497 e. The van der Waals surface area contributed by atoms with Crippen LogP contribution in [0.4, 0.5) is 5.69 Å². The van der Waals surface area contributed by atoms with E-state index < -0.39 is 5.56 Å². The van der Waals surface area contributed by atoms with Gasteiger partial charge >= 0.3 is 0 Å². The molecule has 7 heteroatoms. The van der Waals surface area contributed by atoms with Crippen molar-refractivity contribution in [3.05, 3.63) is 111 Å². The number of para-hydroxylation sites is 1. The van der Waals surface area contributed by atoms with Crippen molar-refractivity contribution in [2.24, 2.45) is 4.99 Å². The Balaban J connectivity index is 1.74. The van der Waals surface area contributed by atoms with Gasteiger partial charge in [0, 0.05) is 22.8 Å². The van der Waals surface area contributed by atoms with Gasteiger partial charge in [0.2, 0.25) is 5.88 Å². The maximum atomic E-state index is 12.9. The molecule has 0 fully saturated rings. The van der Waals surface area contributed by atoms with Crippen LogP contribution in [0.2, 0.25) is 0 Å². The van der Waals surface area contributed by atoms with Crippen LogP contribution in [-0.4, -0.2) is 27.5 Å². The van der Waals surface area contributed by atoms with Crippen LogP contribution in [0.5, 0.6) is 11.6 Å². The van der Waals surface area contributed by atoms with Gasteiger partial charge in [0.1, 0.15) is 11.3 Å². The molecule has 162 valence electrons. The van der Waals surface area contributed by atoms with Crippen LogP contribution in [0, 0.1) is 4.77 Å². The zero-order chi connectivity index (χ0) is 22.9. The Morgan fingerprint density at radius 2 is 1.79 bits per heavy atom. The van der Waals surface area contributed by atoms with E-state index in [1.807, 2.05) is 54.6 Å². The van der Waals surface area contributed by atoms with Crippen LogP contribution in [0.15, 0.2) is 88.6 Å². The Bertz CT molecular complexity index is 1550. The first kappa shape index (κ1) is 20.7. The highest BCUT2D eigenvalue weighted by molar-refractivity contribution is 7.71. The van der Waals surface area contributed by atoms with E-state index in [-0.39, 0.29) is 16.2 Å². The molecule has 0 saturated heterocycles. The number of allylic oxidation sites excluding steroid dienone is 1. The van der Waals surface area contributed by atoms with Crippen molar-refractivity contribution in [1.29, 1.82) is 0 Å². The molecule has 0 aliphatic carbocycles. The van der Waals surface area contributed by atoms with Gasteiger partial charge in [0.05, 0.1) is 24.2 Å². The molecule has 1 aromatic heterocycles. The van der Waals surface area contributed by atoms with E-state index in [2.05, 4.69) is 4.98 Å². The predicted molar refractivity (Wildman–Crippen MR) is 132 cm³/mol. The molecule has 0 bridgehead atoms. The number of nitrogens with one attached hydrogen (secondary N) is 1. The summed E-state index contributed by atoms with van der Waals surface area (Å²) in [4.78, 5) is 20.4. The third-order valence-corrected chi connectivity index (χ3v) is 5.73. The molecule has 5 rings (SSSR count). The van der Waals surface area contributed by atoms with Crippen molar-refractivity contribution in [3.63, 3.8) is 0 Å². The molecule has 6 nitrogen and oxygen atoms in total. The number of benzene rings is 3. The zero-order valence-corrected chi connectivity index (χ0v) is 18.5. The molecule has 0 unspecified atom stereocenters. The molecule has 0 saturated carbocycles. The number of aromatic hydroxyl groups is 1. The number of aromatic amines is 1. The molecule has 0 atom stereocenters. The molecule has 0 spiro atoms. The summed E-state index contributed by atoms with van der Waals surface area (Å²) in [7, 11) is 1.56. The first-order chi connectivity index (χ1) is 16.1. The summed E-state index contributed by atoms with van der Waals surface area (Å²) in [5.74, 6) is 0.337. The van der Waals surface area contributed by atoms with Crippen LogP contribution in [0.25, 0.3) is 17.3 Å². The Kier molecular flexibility index (Phi) is 5.24. The van der Waals surface area contributed by atoms with E-state index in [0.717, 1.165) is 28.1 Å². The lowest BCUT2D eigenvalue weighted by atomic mass is 9.96. The summed E-state index contributed by atoms with van der Waals surface area (Å²) in [6.45, 7) is 0. The summed E-state index contributed by atoms with van der Waals surface area (Å²) in [5.41, 5.74) is 4.23. The summed E-state index contributed by atoms with van der Waals surface area (Å²) in [5, 5.41) is 11.2. The van der Waals surface area contributed by atoms with Crippen molar-refractivity contribution in [3.8, 4) is 17.3 Å². The quantitative estimate of drug-likeness (QED) is 0.412. The number of hydrogen-bond donors (Lipinski definition) is 2. The van der Waals surface area contributed by atoms with Crippen molar-refractivity contribution >= 4 is 35.3 Å². The molecule has 0 radical (unpaired) electrons. The average molecular weight is 454 g/mol. The Hall–Kier alpha value is -4.23. The number of nitrogens with zero attached hydrogens (tertiary/aromatic N) is 2. The monoisotopic (exact) mass is 453 g/mol. The van der Waals surface area contributed by atoms with Gasteiger partial charge in [-0.3, -0.25) is 14.3 Å². The highest BCUT2D eigenvalue weighted by atomic mass is 32.1. The van der Waals surface area contributed by atoms with E-state index in [0.29, 0.717) is 11.4 Å². The van der Waals surface area contributed by atoms with Crippen LogP contribution >= 0.6 is 12.2 Å². The first-order valence-corrected chi connectivity index (χ1v) is 10.7. The molecule has 1 aliphatic heterocycles.